The number of benzene rings is 1. The Kier molecular flexibility index (Phi) is 7.23. The lowest BCUT2D eigenvalue weighted by atomic mass is 9.87. The highest BCUT2D eigenvalue weighted by Crippen LogP contribution is 2.29. The molecule has 0 fully saturated rings. The largest absolute Gasteiger partial charge is 0.310 e. The molecule has 0 radical (unpaired) electrons. The summed E-state index contributed by atoms with van der Waals surface area (Å²) in [5, 5.41) is 16.3. The first kappa shape index (κ1) is 23.8. The van der Waals surface area contributed by atoms with E-state index >= 15 is 0 Å². The van der Waals surface area contributed by atoms with E-state index in [9.17, 15) is 4.79 Å². The van der Waals surface area contributed by atoms with E-state index in [0.29, 0.717) is 17.5 Å². The van der Waals surface area contributed by atoms with Crippen molar-refractivity contribution in [2.45, 2.75) is 70.0 Å². The number of aromatic nitrogens is 5. The van der Waals surface area contributed by atoms with Gasteiger partial charge in [-0.15, -0.1) is 16.8 Å². The number of carbonyl (C=O) groups is 1. The van der Waals surface area contributed by atoms with E-state index in [1.807, 2.05) is 31.4 Å². The summed E-state index contributed by atoms with van der Waals surface area (Å²) in [6.45, 7) is 16.9. The summed E-state index contributed by atoms with van der Waals surface area (Å²) < 4.78 is 3.78. The lowest BCUT2D eigenvalue weighted by Gasteiger charge is -2.19. The van der Waals surface area contributed by atoms with Gasteiger partial charge < -0.3 is 5.32 Å². The third-order valence-electron chi connectivity index (χ3n) is 5.10. The molecule has 1 N–H and O–H groups in total. The molecule has 3 rings (SSSR count). The second-order valence-electron chi connectivity index (χ2n) is 9.04. The lowest BCUT2D eigenvalue weighted by molar-refractivity contribution is -0.115. The fraction of sp³-hybridized carbons (Fsp3) is 0.417. The number of amides is 1. The van der Waals surface area contributed by atoms with Crippen LogP contribution in [0.15, 0.2) is 54.3 Å². The van der Waals surface area contributed by atoms with Crippen LogP contribution in [0, 0.1) is 0 Å². The number of allylic oxidation sites excluding steroid dienone is 1. The monoisotopic (exact) mass is 452 g/mol. The predicted octanol–water partition coefficient (Wildman–Crippen LogP) is 5.33. The topological polar surface area (TPSA) is 77.6 Å². The van der Waals surface area contributed by atoms with Crippen LogP contribution >= 0.6 is 11.8 Å². The molecule has 1 aromatic carbocycles. The first-order chi connectivity index (χ1) is 15.1. The standard InChI is InChI=1S/C24H32N6OS/c1-8-15-29-21(18-9-11-19(12-10-18)24(5,6)7)27-28-23(29)32-17(4)22(31)26-20-13-14-25-30(20)16(2)3/h8-14,16-17H,1,15H2,2-7H3,(H,26,31). The van der Waals surface area contributed by atoms with Crippen LogP contribution in [0.3, 0.4) is 0 Å². The van der Waals surface area contributed by atoms with Gasteiger partial charge in [0.15, 0.2) is 11.0 Å². The summed E-state index contributed by atoms with van der Waals surface area (Å²) in [7, 11) is 0. The van der Waals surface area contributed by atoms with Crippen molar-refractivity contribution in [3.05, 3.63) is 54.7 Å². The van der Waals surface area contributed by atoms with Gasteiger partial charge in [-0.05, 0) is 31.7 Å². The van der Waals surface area contributed by atoms with Crippen LogP contribution in [0.1, 0.15) is 53.1 Å². The zero-order valence-electron chi connectivity index (χ0n) is 19.7. The summed E-state index contributed by atoms with van der Waals surface area (Å²) in [4.78, 5) is 12.8. The summed E-state index contributed by atoms with van der Waals surface area (Å²) in [5.41, 5.74) is 2.33. The van der Waals surface area contributed by atoms with Gasteiger partial charge in [0.05, 0.1) is 11.4 Å². The smallest absolute Gasteiger partial charge is 0.238 e. The molecular weight excluding hydrogens is 420 g/mol. The van der Waals surface area contributed by atoms with Gasteiger partial charge in [0, 0.05) is 24.2 Å². The van der Waals surface area contributed by atoms with Crippen molar-refractivity contribution in [3.8, 4) is 11.4 Å². The molecule has 0 aliphatic rings. The van der Waals surface area contributed by atoms with E-state index in [2.05, 4.69) is 72.2 Å². The second kappa shape index (κ2) is 9.73. The molecule has 8 heteroatoms. The molecule has 1 unspecified atom stereocenters. The summed E-state index contributed by atoms with van der Waals surface area (Å²) in [6, 6.07) is 10.4. The highest BCUT2D eigenvalue weighted by Gasteiger charge is 2.22. The van der Waals surface area contributed by atoms with Gasteiger partial charge in [0.25, 0.3) is 0 Å². The Labute approximate surface area is 194 Å². The Morgan fingerprint density at radius 1 is 1.16 bits per heavy atom. The van der Waals surface area contributed by atoms with Gasteiger partial charge in [-0.1, -0.05) is 62.9 Å². The average Bonchev–Trinajstić information content (AvgIpc) is 3.35. The van der Waals surface area contributed by atoms with E-state index in [-0.39, 0.29) is 22.6 Å². The van der Waals surface area contributed by atoms with Gasteiger partial charge in [0.1, 0.15) is 5.82 Å². The number of hydrogen-bond donors (Lipinski definition) is 1. The molecule has 1 amide bonds. The van der Waals surface area contributed by atoms with Gasteiger partial charge in [-0.25, -0.2) is 4.68 Å². The molecule has 0 spiro atoms. The van der Waals surface area contributed by atoms with E-state index < -0.39 is 0 Å². The Morgan fingerprint density at radius 3 is 2.44 bits per heavy atom. The van der Waals surface area contributed by atoms with Crippen LogP contribution in [0.2, 0.25) is 0 Å². The van der Waals surface area contributed by atoms with Crippen LogP contribution in [0.4, 0.5) is 5.82 Å². The third kappa shape index (κ3) is 5.30. The molecule has 1 atom stereocenters. The van der Waals surface area contributed by atoms with Gasteiger partial charge in [0.2, 0.25) is 5.91 Å². The number of nitrogens with zero attached hydrogens (tertiary/aromatic N) is 5. The minimum Gasteiger partial charge on any atom is -0.310 e. The van der Waals surface area contributed by atoms with Crippen LogP contribution < -0.4 is 5.32 Å². The quantitative estimate of drug-likeness (QED) is 0.369. The van der Waals surface area contributed by atoms with E-state index in [4.69, 9.17) is 0 Å². The number of thioether (sulfide) groups is 1. The zero-order chi connectivity index (χ0) is 23.5. The molecule has 0 aliphatic heterocycles. The Morgan fingerprint density at radius 2 is 1.84 bits per heavy atom. The lowest BCUT2D eigenvalue weighted by Crippen LogP contribution is -2.25. The molecule has 7 nitrogen and oxygen atoms in total. The number of rotatable bonds is 8. The molecule has 32 heavy (non-hydrogen) atoms. The predicted molar refractivity (Wildman–Crippen MR) is 131 cm³/mol. The third-order valence-corrected chi connectivity index (χ3v) is 6.18. The van der Waals surface area contributed by atoms with Crippen molar-refractivity contribution in [1.29, 1.82) is 0 Å². The number of hydrogen-bond acceptors (Lipinski definition) is 5. The molecule has 0 aliphatic carbocycles. The van der Waals surface area contributed by atoms with E-state index in [1.165, 1.54) is 17.3 Å². The first-order valence-corrected chi connectivity index (χ1v) is 11.7. The average molecular weight is 453 g/mol. The molecule has 0 bridgehead atoms. The maximum Gasteiger partial charge on any atom is 0.238 e. The molecule has 0 saturated carbocycles. The van der Waals surface area contributed by atoms with Gasteiger partial charge >= 0.3 is 0 Å². The molecule has 0 saturated heterocycles. The van der Waals surface area contributed by atoms with Gasteiger partial charge in [-0.2, -0.15) is 5.10 Å². The Balaban J connectivity index is 1.79. The number of carbonyl (C=O) groups excluding carboxylic acids is 1. The number of nitrogens with one attached hydrogen (secondary N) is 1. The van der Waals surface area contributed by atoms with Crippen LogP contribution in [-0.2, 0) is 16.8 Å². The van der Waals surface area contributed by atoms with Crippen LogP contribution in [-0.4, -0.2) is 35.7 Å². The fourth-order valence-corrected chi connectivity index (χ4v) is 4.13. The van der Waals surface area contributed by atoms with E-state index in [0.717, 1.165) is 11.4 Å². The maximum absolute atomic E-state index is 12.8. The van der Waals surface area contributed by atoms with Crippen molar-refractivity contribution in [2.75, 3.05) is 5.32 Å². The summed E-state index contributed by atoms with van der Waals surface area (Å²) >= 11 is 1.38. The van der Waals surface area contributed by atoms with Crippen LogP contribution in [0.25, 0.3) is 11.4 Å². The van der Waals surface area contributed by atoms with Crippen molar-refractivity contribution in [3.63, 3.8) is 0 Å². The highest BCUT2D eigenvalue weighted by atomic mass is 32.2. The van der Waals surface area contributed by atoms with Crippen molar-refractivity contribution in [1.82, 2.24) is 24.5 Å². The maximum atomic E-state index is 12.8. The fourth-order valence-electron chi connectivity index (χ4n) is 3.27. The number of anilines is 1. The van der Waals surface area contributed by atoms with Crippen molar-refractivity contribution >= 4 is 23.5 Å². The highest BCUT2D eigenvalue weighted by molar-refractivity contribution is 8.00. The molecule has 2 heterocycles. The van der Waals surface area contributed by atoms with Gasteiger partial charge in [-0.3, -0.25) is 9.36 Å². The molecular formula is C24H32N6OS. The minimum atomic E-state index is -0.366. The molecule has 3 aromatic rings. The van der Waals surface area contributed by atoms with Crippen molar-refractivity contribution < 1.29 is 4.79 Å². The van der Waals surface area contributed by atoms with Crippen LogP contribution in [0.5, 0.6) is 0 Å². The van der Waals surface area contributed by atoms with Crippen molar-refractivity contribution in [2.24, 2.45) is 0 Å². The molecule has 170 valence electrons. The van der Waals surface area contributed by atoms with E-state index in [1.54, 1.807) is 16.9 Å². The molecule has 2 aromatic heterocycles. The first-order valence-electron chi connectivity index (χ1n) is 10.8. The summed E-state index contributed by atoms with van der Waals surface area (Å²) in [5.74, 6) is 1.34. The normalized spacial score (nSPS) is 12.7. The summed E-state index contributed by atoms with van der Waals surface area (Å²) in [6.07, 6.45) is 3.50. The minimum absolute atomic E-state index is 0.0854. The Bertz CT molecular complexity index is 1070. The SMILES string of the molecule is C=CCn1c(SC(C)C(=O)Nc2ccnn2C(C)C)nnc1-c1ccc(C(C)(C)C)cc1. The Hall–Kier alpha value is -2.87. The zero-order valence-corrected chi connectivity index (χ0v) is 20.5. The second-order valence-corrected chi connectivity index (χ2v) is 10.3.